The Bertz CT molecular complexity index is 829. The van der Waals surface area contributed by atoms with E-state index < -0.39 is 6.17 Å². The smallest absolute Gasteiger partial charge is 0.160 e. The topological polar surface area (TPSA) is 49.9 Å². The van der Waals surface area contributed by atoms with Crippen LogP contribution in [0.3, 0.4) is 0 Å². The lowest BCUT2D eigenvalue weighted by atomic mass is 10.1. The van der Waals surface area contributed by atoms with Crippen molar-refractivity contribution in [3.63, 3.8) is 0 Å². The Morgan fingerprint density at radius 2 is 1.91 bits per heavy atom. The summed E-state index contributed by atoms with van der Waals surface area (Å²) in [4.78, 5) is 0. The van der Waals surface area contributed by atoms with E-state index in [9.17, 15) is 4.39 Å². The quantitative estimate of drug-likeness (QED) is 0.761. The maximum atomic E-state index is 15.0. The minimum absolute atomic E-state index is 0.506. The van der Waals surface area contributed by atoms with Crippen LogP contribution in [0.25, 0.3) is 11.3 Å². The van der Waals surface area contributed by atoms with Crippen LogP contribution in [0.4, 0.5) is 15.9 Å². The van der Waals surface area contributed by atoms with Crippen molar-refractivity contribution >= 4 is 11.5 Å². The van der Waals surface area contributed by atoms with E-state index >= 15 is 0 Å². The maximum Gasteiger partial charge on any atom is 0.160 e. The highest BCUT2D eigenvalue weighted by Crippen LogP contribution is 2.51. The fourth-order valence-electron chi connectivity index (χ4n) is 2.90. The molecule has 0 saturated carbocycles. The van der Waals surface area contributed by atoms with Gasteiger partial charge in [0, 0.05) is 16.8 Å². The number of nitrogens with zero attached hydrogens (tertiary/aromatic N) is 1. The molecule has 1 aliphatic carbocycles. The van der Waals surface area contributed by atoms with Gasteiger partial charge >= 0.3 is 0 Å². The standard InChI is InChI=1S/C17H14FN3O/c1-22-12-9-5-8-11-13(12)15(18)14-16(11)20-21-17(14)19-10-6-3-2-4-7-10/h2-9,15H,1H3,(H2,19,20,21). The van der Waals surface area contributed by atoms with E-state index in [1.165, 1.54) is 0 Å². The summed E-state index contributed by atoms with van der Waals surface area (Å²) in [5, 5.41) is 10.3. The highest BCUT2D eigenvalue weighted by Gasteiger charge is 2.36. The molecule has 22 heavy (non-hydrogen) atoms. The Labute approximate surface area is 126 Å². The molecular weight excluding hydrogens is 281 g/mol. The SMILES string of the molecule is COc1cccc2c1C(F)c1c(Nc3ccccc3)n[nH]c1-2. The second-order valence-corrected chi connectivity index (χ2v) is 5.14. The van der Waals surface area contributed by atoms with Gasteiger partial charge in [-0.05, 0) is 18.2 Å². The molecule has 0 bridgehead atoms. The molecule has 0 fully saturated rings. The van der Waals surface area contributed by atoms with E-state index in [0.29, 0.717) is 28.4 Å². The number of benzene rings is 2. The predicted octanol–water partition coefficient (Wildman–Crippen LogP) is 4.20. The largest absolute Gasteiger partial charge is 0.496 e. The van der Waals surface area contributed by atoms with Gasteiger partial charge < -0.3 is 10.1 Å². The van der Waals surface area contributed by atoms with E-state index in [1.807, 2.05) is 42.5 Å². The van der Waals surface area contributed by atoms with Crippen molar-refractivity contribution < 1.29 is 9.13 Å². The number of alkyl halides is 1. The lowest BCUT2D eigenvalue weighted by Crippen LogP contribution is -1.98. The van der Waals surface area contributed by atoms with Gasteiger partial charge in [0.1, 0.15) is 5.75 Å². The molecule has 0 aliphatic heterocycles. The summed E-state index contributed by atoms with van der Waals surface area (Å²) in [5.74, 6) is 1.06. The number of rotatable bonds is 3. The van der Waals surface area contributed by atoms with Gasteiger partial charge in [-0.25, -0.2) is 4.39 Å². The molecule has 2 aromatic carbocycles. The molecule has 0 radical (unpaired) electrons. The molecule has 3 aromatic rings. The van der Waals surface area contributed by atoms with Crippen molar-refractivity contribution in [2.24, 2.45) is 0 Å². The molecule has 4 rings (SSSR count). The first-order valence-corrected chi connectivity index (χ1v) is 7.01. The van der Waals surface area contributed by atoms with Crippen molar-refractivity contribution in [2.75, 3.05) is 12.4 Å². The van der Waals surface area contributed by atoms with Gasteiger partial charge in [0.15, 0.2) is 12.0 Å². The summed E-state index contributed by atoms with van der Waals surface area (Å²) in [5.41, 5.74) is 3.47. The van der Waals surface area contributed by atoms with Gasteiger partial charge in [0.25, 0.3) is 0 Å². The van der Waals surface area contributed by atoms with Gasteiger partial charge in [0.05, 0.1) is 18.4 Å². The van der Waals surface area contributed by atoms with Crippen LogP contribution in [0.2, 0.25) is 0 Å². The van der Waals surface area contributed by atoms with E-state index in [0.717, 1.165) is 11.3 Å². The first-order chi connectivity index (χ1) is 10.8. The number of anilines is 2. The average Bonchev–Trinajstić information content (AvgIpc) is 3.09. The van der Waals surface area contributed by atoms with Gasteiger partial charge in [0.2, 0.25) is 0 Å². The summed E-state index contributed by atoms with van der Waals surface area (Å²) in [6, 6.07) is 15.1. The zero-order chi connectivity index (χ0) is 15.1. The van der Waals surface area contributed by atoms with Crippen molar-refractivity contribution in [2.45, 2.75) is 6.17 Å². The number of H-pyrrole nitrogens is 1. The summed E-state index contributed by atoms with van der Waals surface area (Å²) in [6.45, 7) is 0. The Kier molecular flexibility index (Phi) is 2.85. The third-order valence-corrected chi connectivity index (χ3v) is 3.90. The lowest BCUT2D eigenvalue weighted by molar-refractivity contribution is 0.370. The summed E-state index contributed by atoms with van der Waals surface area (Å²) in [7, 11) is 1.55. The first kappa shape index (κ1) is 12.9. The number of fused-ring (bicyclic) bond motifs is 3. The zero-order valence-corrected chi connectivity index (χ0v) is 11.9. The minimum Gasteiger partial charge on any atom is -0.496 e. The minimum atomic E-state index is -1.26. The van der Waals surface area contributed by atoms with Crippen LogP contribution in [-0.2, 0) is 0 Å². The third kappa shape index (κ3) is 1.79. The molecule has 1 aliphatic rings. The zero-order valence-electron chi connectivity index (χ0n) is 11.9. The van der Waals surface area contributed by atoms with Crippen molar-refractivity contribution in [1.82, 2.24) is 10.2 Å². The molecular formula is C17H14FN3O. The molecule has 1 unspecified atom stereocenters. The Balaban J connectivity index is 1.79. The highest BCUT2D eigenvalue weighted by atomic mass is 19.1. The molecule has 1 aromatic heterocycles. The second kappa shape index (κ2) is 4.87. The fraction of sp³-hybridized carbons (Fsp3) is 0.118. The van der Waals surface area contributed by atoms with Crippen LogP contribution in [-0.4, -0.2) is 17.3 Å². The third-order valence-electron chi connectivity index (χ3n) is 3.90. The number of para-hydroxylation sites is 1. The van der Waals surface area contributed by atoms with Crippen LogP contribution in [0.5, 0.6) is 5.75 Å². The molecule has 4 nitrogen and oxygen atoms in total. The number of hydrogen-bond acceptors (Lipinski definition) is 3. The molecule has 2 N–H and O–H groups in total. The second-order valence-electron chi connectivity index (χ2n) is 5.14. The molecule has 0 amide bonds. The van der Waals surface area contributed by atoms with Crippen molar-refractivity contribution in [3.05, 3.63) is 59.7 Å². The van der Waals surface area contributed by atoms with Crippen LogP contribution >= 0.6 is 0 Å². The van der Waals surface area contributed by atoms with Crippen molar-refractivity contribution in [1.29, 1.82) is 0 Å². The lowest BCUT2D eigenvalue weighted by Gasteiger charge is -2.10. The number of aromatic amines is 1. The number of halogens is 1. The highest BCUT2D eigenvalue weighted by molar-refractivity contribution is 5.83. The van der Waals surface area contributed by atoms with Crippen LogP contribution in [0, 0.1) is 0 Å². The summed E-state index contributed by atoms with van der Waals surface area (Å²) >= 11 is 0. The van der Waals surface area contributed by atoms with Gasteiger partial charge in [-0.15, -0.1) is 0 Å². The van der Waals surface area contributed by atoms with Gasteiger partial charge in [-0.1, -0.05) is 30.3 Å². The van der Waals surface area contributed by atoms with E-state index in [2.05, 4.69) is 15.5 Å². The van der Waals surface area contributed by atoms with Crippen LogP contribution in [0.15, 0.2) is 48.5 Å². The number of aromatic nitrogens is 2. The maximum absolute atomic E-state index is 15.0. The molecule has 110 valence electrons. The molecule has 0 saturated heterocycles. The Morgan fingerprint density at radius 1 is 1.09 bits per heavy atom. The summed E-state index contributed by atoms with van der Waals surface area (Å²) in [6.07, 6.45) is -1.26. The fourth-order valence-corrected chi connectivity index (χ4v) is 2.90. The normalized spacial score (nSPS) is 15.3. The number of ether oxygens (including phenoxy) is 1. The molecule has 0 spiro atoms. The van der Waals surface area contributed by atoms with E-state index in [1.54, 1.807) is 13.2 Å². The molecule has 1 heterocycles. The number of methoxy groups -OCH3 is 1. The molecule has 5 heteroatoms. The van der Waals surface area contributed by atoms with Crippen LogP contribution < -0.4 is 10.1 Å². The monoisotopic (exact) mass is 295 g/mol. The Hall–Kier alpha value is -2.82. The summed E-state index contributed by atoms with van der Waals surface area (Å²) < 4.78 is 20.3. The van der Waals surface area contributed by atoms with Crippen LogP contribution in [0.1, 0.15) is 17.3 Å². The number of nitrogens with one attached hydrogen (secondary N) is 2. The Morgan fingerprint density at radius 3 is 2.68 bits per heavy atom. The van der Waals surface area contributed by atoms with Gasteiger partial charge in [-0.2, -0.15) is 5.10 Å². The first-order valence-electron chi connectivity index (χ1n) is 7.01. The van der Waals surface area contributed by atoms with Crippen molar-refractivity contribution in [3.8, 4) is 17.0 Å². The van der Waals surface area contributed by atoms with Gasteiger partial charge in [-0.3, -0.25) is 5.10 Å². The number of hydrogen-bond donors (Lipinski definition) is 2. The molecule has 1 atom stereocenters. The van der Waals surface area contributed by atoms with E-state index in [-0.39, 0.29) is 0 Å². The predicted molar refractivity (Wildman–Crippen MR) is 83.3 cm³/mol. The average molecular weight is 295 g/mol. The van der Waals surface area contributed by atoms with E-state index in [4.69, 9.17) is 4.74 Å².